The van der Waals surface area contributed by atoms with Crippen molar-refractivity contribution in [3.8, 4) is 5.75 Å². The van der Waals surface area contributed by atoms with Gasteiger partial charge in [-0.1, -0.05) is 18.7 Å². The predicted octanol–water partition coefficient (Wildman–Crippen LogP) is 2.10. The van der Waals surface area contributed by atoms with Gasteiger partial charge in [0.2, 0.25) is 5.91 Å². The molecule has 2 aliphatic rings. The topological polar surface area (TPSA) is 76.0 Å². The number of carbonyl (C=O) groups is 1. The number of hydrogen-bond acceptors (Lipinski definition) is 5. The Labute approximate surface area is 146 Å². The van der Waals surface area contributed by atoms with Crippen LogP contribution in [-0.2, 0) is 14.6 Å². The van der Waals surface area contributed by atoms with Gasteiger partial charge in [-0.15, -0.1) is 0 Å². The normalized spacial score (nSPS) is 26.6. The van der Waals surface area contributed by atoms with E-state index in [0.717, 1.165) is 11.4 Å². The van der Waals surface area contributed by atoms with E-state index in [1.165, 1.54) is 11.8 Å². The fourth-order valence-electron chi connectivity index (χ4n) is 2.92. The van der Waals surface area contributed by atoms with E-state index in [9.17, 15) is 13.2 Å². The summed E-state index contributed by atoms with van der Waals surface area (Å²) in [7, 11) is -3.05. The summed E-state index contributed by atoms with van der Waals surface area (Å²) in [6, 6.07) is 7.27. The Hall–Kier alpha value is -1.54. The second-order valence-corrected chi connectivity index (χ2v) is 9.10. The van der Waals surface area contributed by atoms with Crippen LogP contribution in [0.15, 0.2) is 29.3 Å². The molecule has 1 aromatic rings. The van der Waals surface area contributed by atoms with Crippen molar-refractivity contribution in [1.29, 1.82) is 0 Å². The van der Waals surface area contributed by atoms with Crippen LogP contribution < -0.4 is 9.64 Å². The smallest absolute Gasteiger partial charge is 0.247 e. The molecule has 0 spiro atoms. The zero-order valence-corrected chi connectivity index (χ0v) is 15.3. The van der Waals surface area contributed by atoms with E-state index >= 15 is 0 Å². The fourth-order valence-corrected chi connectivity index (χ4v) is 6.85. The molecule has 8 heteroatoms. The van der Waals surface area contributed by atoms with Gasteiger partial charge < -0.3 is 9.64 Å². The number of aliphatic imine (C=N–C) groups is 1. The van der Waals surface area contributed by atoms with Crippen LogP contribution in [0, 0.1) is 0 Å². The Balaban J connectivity index is 1.95. The van der Waals surface area contributed by atoms with E-state index in [1.807, 2.05) is 36.1 Å². The van der Waals surface area contributed by atoms with Crippen LogP contribution in [0.5, 0.6) is 5.75 Å². The molecule has 0 radical (unpaired) electrons. The summed E-state index contributed by atoms with van der Waals surface area (Å²) in [4.78, 5) is 17.8. The molecule has 2 atom stereocenters. The highest BCUT2D eigenvalue weighted by molar-refractivity contribution is 8.16. The highest BCUT2D eigenvalue weighted by Gasteiger charge is 2.49. The molecule has 1 aromatic carbocycles. The maximum absolute atomic E-state index is 12.0. The lowest BCUT2D eigenvalue weighted by atomic mass is 10.2. The quantitative estimate of drug-likeness (QED) is 0.810. The third kappa shape index (κ3) is 3.44. The van der Waals surface area contributed by atoms with Crippen molar-refractivity contribution < 1.29 is 17.9 Å². The van der Waals surface area contributed by atoms with Crippen molar-refractivity contribution in [2.75, 3.05) is 23.0 Å². The Morgan fingerprint density at radius 1 is 1.29 bits per heavy atom. The average Bonchev–Trinajstić information content (AvgIpc) is 2.99. The number of hydrogen-bond donors (Lipinski definition) is 0. The molecule has 3 rings (SSSR count). The maximum atomic E-state index is 12.0. The van der Waals surface area contributed by atoms with Gasteiger partial charge in [0.15, 0.2) is 15.0 Å². The van der Waals surface area contributed by atoms with E-state index in [1.54, 1.807) is 6.92 Å². The molecular formula is C16H20N2O4S2. The van der Waals surface area contributed by atoms with E-state index in [2.05, 4.69) is 4.99 Å². The summed E-state index contributed by atoms with van der Waals surface area (Å²) in [5.41, 5.74) is 0.832. The molecule has 2 heterocycles. The number of anilines is 1. The first kappa shape index (κ1) is 17.3. The van der Waals surface area contributed by atoms with Crippen molar-refractivity contribution in [3.63, 3.8) is 0 Å². The van der Waals surface area contributed by atoms with Crippen LogP contribution in [0.3, 0.4) is 0 Å². The molecule has 0 unspecified atom stereocenters. The Morgan fingerprint density at radius 2 is 2.00 bits per heavy atom. The summed E-state index contributed by atoms with van der Waals surface area (Å²) >= 11 is 1.39. The minimum Gasteiger partial charge on any atom is -0.494 e. The highest BCUT2D eigenvalue weighted by atomic mass is 32.2. The number of rotatable bonds is 4. The second-order valence-electron chi connectivity index (χ2n) is 5.74. The first-order chi connectivity index (χ1) is 11.4. The molecule has 0 saturated carbocycles. The largest absolute Gasteiger partial charge is 0.494 e. The van der Waals surface area contributed by atoms with Crippen molar-refractivity contribution in [2.24, 2.45) is 4.99 Å². The molecule has 130 valence electrons. The van der Waals surface area contributed by atoms with Crippen molar-refractivity contribution in [2.45, 2.75) is 31.6 Å². The van der Waals surface area contributed by atoms with Gasteiger partial charge in [-0.2, -0.15) is 4.99 Å². The van der Waals surface area contributed by atoms with Gasteiger partial charge in [0, 0.05) is 17.4 Å². The molecule has 0 N–H and O–H groups in total. The van der Waals surface area contributed by atoms with Crippen LogP contribution in [0.1, 0.15) is 20.3 Å². The molecule has 6 nitrogen and oxygen atoms in total. The SMILES string of the molecule is CCOc1ccc(N2C(=NC(=O)CC)S[C@@H]3CS(=O)(=O)C[C@@H]32)cc1. The molecular weight excluding hydrogens is 348 g/mol. The fraction of sp³-hybridized carbons (Fsp3) is 0.500. The second kappa shape index (κ2) is 6.76. The number of carbonyl (C=O) groups excluding carboxylic acids is 1. The molecule has 2 fully saturated rings. The number of fused-ring (bicyclic) bond motifs is 1. The van der Waals surface area contributed by atoms with E-state index in [0.29, 0.717) is 18.2 Å². The van der Waals surface area contributed by atoms with Gasteiger partial charge in [-0.3, -0.25) is 4.79 Å². The molecule has 0 aromatic heterocycles. The highest BCUT2D eigenvalue weighted by Crippen LogP contribution is 2.41. The lowest BCUT2D eigenvalue weighted by Gasteiger charge is -2.24. The van der Waals surface area contributed by atoms with Gasteiger partial charge >= 0.3 is 0 Å². The Morgan fingerprint density at radius 3 is 2.62 bits per heavy atom. The molecule has 0 aliphatic carbocycles. The van der Waals surface area contributed by atoms with Crippen LogP contribution in [-0.4, -0.2) is 48.9 Å². The summed E-state index contributed by atoms with van der Waals surface area (Å²) in [6.07, 6.45) is 0.328. The van der Waals surface area contributed by atoms with Crippen molar-refractivity contribution >= 4 is 38.4 Å². The number of ether oxygens (including phenoxy) is 1. The Kier molecular flexibility index (Phi) is 4.87. The summed E-state index contributed by atoms with van der Waals surface area (Å²) in [5.74, 6) is 0.787. The van der Waals surface area contributed by atoms with Crippen LogP contribution >= 0.6 is 11.8 Å². The number of amides is 1. The van der Waals surface area contributed by atoms with Gasteiger partial charge in [-0.05, 0) is 31.2 Å². The lowest BCUT2D eigenvalue weighted by molar-refractivity contribution is -0.117. The molecule has 1 amide bonds. The molecule has 24 heavy (non-hydrogen) atoms. The summed E-state index contributed by atoms with van der Waals surface area (Å²) in [6.45, 7) is 4.26. The van der Waals surface area contributed by atoms with E-state index in [-0.39, 0.29) is 28.7 Å². The van der Waals surface area contributed by atoms with Gasteiger partial charge in [-0.25, -0.2) is 8.42 Å². The standard InChI is InChI=1S/C16H20N2O4S2/c1-3-15(19)17-16-18(11-5-7-12(8-6-11)22-4-2)13-9-24(20,21)10-14(13)23-16/h5-8,13-14H,3-4,9-10H2,1-2H3/t13-,14+/m0/s1. The van der Waals surface area contributed by atoms with Gasteiger partial charge in [0.1, 0.15) is 5.75 Å². The van der Waals surface area contributed by atoms with Gasteiger partial charge in [0.25, 0.3) is 0 Å². The minimum atomic E-state index is -3.05. The molecule has 2 aliphatic heterocycles. The first-order valence-corrected chi connectivity index (χ1v) is 10.6. The van der Waals surface area contributed by atoms with E-state index in [4.69, 9.17) is 4.74 Å². The minimum absolute atomic E-state index is 0.0787. The van der Waals surface area contributed by atoms with E-state index < -0.39 is 9.84 Å². The zero-order chi connectivity index (χ0) is 17.3. The monoisotopic (exact) mass is 368 g/mol. The maximum Gasteiger partial charge on any atom is 0.247 e. The van der Waals surface area contributed by atoms with Crippen LogP contribution in [0.4, 0.5) is 5.69 Å². The van der Waals surface area contributed by atoms with Crippen molar-refractivity contribution in [3.05, 3.63) is 24.3 Å². The average molecular weight is 368 g/mol. The third-order valence-corrected chi connectivity index (χ3v) is 7.23. The third-order valence-electron chi connectivity index (χ3n) is 4.02. The summed E-state index contributed by atoms with van der Waals surface area (Å²) in [5, 5.41) is 0.515. The van der Waals surface area contributed by atoms with Crippen molar-refractivity contribution in [1.82, 2.24) is 0 Å². The molecule has 0 bridgehead atoms. The number of benzene rings is 1. The zero-order valence-electron chi connectivity index (χ0n) is 13.6. The first-order valence-electron chi connectivity index (χ1n) is 7.94. The van der Waals surface area contributed by atoms with Crippen LogP contribution in [0.25, 0.3) is 0 Å². The number of thioether (sulfide) groups is 1. The molecule has 2 saturated heterocycles. The number of sulfone groups is 1. The predicted molar refractivity (Wildman–Crippen MR) is 96.6 cm³/mol. The number of nitrogens with zero attached hydrogens (tertiary/aromatic N) is 2. The number of amidine groups is 1. The Bertz CT molecular complexity index is 759. The summed E-state index contributed by atoms with van der Waals surface area (Å²) < 4.78 is 29.4. The van der Waals surface area contributed by atoms with Crippen LogP contribution in [0.2, 0.25) is 0 Å². The van der Waals surface area contributed by atoms with Gasteiger partial charge in [0.05, 0.1) is 24.2 Å². The lowest BCUT2D eigenvalue weighted by Crippen LogP contribution is -2.37.